The van der Waals surface area contributed by atoms with E-state index >= 15 is 0 Å². The van der Waals surface area contributed by atoms with Crippen LogP contribution < -0.4 is 5.32 Å². The molecule has 0 aromatic heterocycles. The average Bonchev–Trinajstić information content (AvgIpc) is 3.32. The van der Waals surface area contributed by atoms with Gasteiger partial charge in [-0.1, -0.05) is 23.4 Å². The third-order valence-electron chi connectivity index (χ3n) is 4.33. The lowest BCUT2D eigenvalue weighted by molar-refractivity contribution is -0.175. The first-order chi connectivity index (χ1) is 11.3. The second-order valence-corrected chi connectivity index (χ2v) is 6.52. The van der Waals surface area contributed by atoms with Gasteiger partial charge in [0.15, 0.2) is 5.41 Å². The molecule has 7 heteroatoms. The molecule has 1 aromatic carbocycles. The van der Waals surface area contributed by atoms with E-state index in [0.717, 1.165) is 17.7 Å². The predicted molar refractivity (Wildman–Crippen MR) is 86.0 cm³/mol. The minimum absolute atomic E-state index is 0.00819. The first-order valence-corrected chi connectivity index (χ1v) is 8.10. The summed E-state index contributed by atoms with van der Waals surface area (Å²) < 4.78 is 42.6. The highest BCUT2D eigenvalue weighted by Crippen LogP contribution is 2.47. The van der Waals surface area contributed by atoms with E-state index in [-0.39, 0.29) is 28.7 Å². The number of hydrogen-bond donors (Lipinski definition) is 1. The van der Waals surface area contributed by atoms with Crippen molar-refractivity contribution in [2.24, 2.45) is 5.92 Å². The van der Waals surface area contributed by atoms with Crippen molar-refractivity contribution < 1.29 is 18.0 Å². The maximum absolute atomic E-state index is 14.2. The summed E-state index contributed by atoms with van der Waals surface area (Å²) in [7, 11) is 0. The highest BCUT2D eigenvalue weighted by molar-refractivity contribution is 6.30. The Morgan fingerprint density at radius 3 is 2.71 bits per heavy atom. The van der Waals surface area contributed by atoms with Gasteiger partial charge < -0.3 is 10.2 Å². The molecule has 2 aliphatic rings. The number of anilines is 1. The van der Waals surface area contributed by atoms with Crippen LogP contribution in [0.2, 0.25) is 5.02 Å². The van der Waals surface area contributed by atoms with E-state index in [0.29, 0.717) is 0 Å². The number of amides is 2. The summed E-state index contributed by atoms with van der Waals surface area (Å²) in [4.78, 5) is 13.4. The van der Waals surface area contributed by atoms with E-state index in [4.69, 9.17) is 11.6 Å². The quantitative estimate of drug-likeness (QED) is 0.742. The average molecular weight is 357 g/mol. The van der Waals surface area contributed by atoms with Gasteiger partial charge in [0.25, 0.3) is 0 Å². The smallest absolute Gasteiger partial charge is 0.323 e. The predicted octanol–water partition coefficient (Wildman–Crippen LogP) is 4.42. The lowest BCUT2D eigenvalue weighted by Crippen LogP contribution is -2.50. The Labute approximate surface area is 143 Å². The van der Waals surface area contributed by atoms with Crippen LogP contribution in [0.5, 0.6) is 0 Å². The summed E-state index contributed by atoms with van der Waals surface area (Å²) in [5.41, 5.74) is -2.45. The zero-order valence-corrected chi connectivity index (χ0v) is 13.8. The molecule has 0 spiro atoms. The van der Waals surface area contributed by atoms with Gasteiger partial charge in [-0.15, -0.1) is 0 Å². The number of urea groups is 1. The van der Waals surface area contributed by atoms with Crippen LogP contribution in [-0.4, -0.2) is 30.2 Å². The molecule has 1 aliphatic heterocycles. The molecule has 3 nitrogen and oxygen atoms in total. The largest absolute Gasteiger partial charge is 0.410 e. The van der Waals surface area contributed by atoms with Crippen molar-refractivity contribution in [1.29, 1.82) is 0 Å². The SMILES string of the molecule is CCN1CC(C#CC2CC2)(C(F)(F)F)c2cc(Cl)ccc2NC1=O. The Hall–Kier alpha value is -1.87. The van der Waals surface area contributed by atoms with Gasteiger partial charge in [-0.3, -0.25) is 0 Å². The molecular formula is C17H16ClF3N2O. The highest BCUT2D eigenvalue weighted by atomic mass is 35.5. The molecule has 1 heterocycles. The number of halogens is 4. The number of carbonyl (C=O) groups excluding carboxylic acids is 1. The fraction of sp³-hybridized carbons (Fsp3) is 0.471. The molecule has 1 N–H and O–H groups in total. The van der Waals surface area contributed by atoms with Crippen molar-refractivity contribution in [3.05, 3.63) is 28.8 Å². The van der Waals surface area contributed by atoms with Gasteiger partial charge in [-0.2, -0.15) is 13.2 Å². The summed E-state index contributed by atoms with van der Waals surface area (Å²) in [6, 6.07) is 3.54. The summed E-state index contributed by atoms with van der Waals surface area (Å²) >= 11 is 5.95. The van der Waals surface area contributed by atoms with Crippen LogP contribution in [0.3, 0.4) is 0 Å². The van der Waals surface area contributed by atoms with E-state index < -0.39 is 24.2 Å². The second-order valence-electron chi connectivity index (χ2n) is 6.08. The van der Waals surface area contributed by atoms with Crippen molar-refractivity contribution in [3.63, 3.8) is 0 Å². The van der Waals surface area contributed by atoms with Crippen molar-refractivity contribution in [3.8, 4) is 11.8 Å². The molecule has 1 fully saturated rings. The number of likely N-dealkylation sites (N-methyl/N-ethyl adjacent to an activating group) is 1. The fourth-order valence-electron chi connectivity index (χ4n) is 2.74. The summed E-state index contributed by atoms with van der Waals surface area (Å²) in [5.74, 6) is 5.23. The van der Waals surface area contributed by atoms with E-state index in [1.807, 2.05) is 0 Å². The first kappa shape index (κ1) is 17.0. The molecule has 0 saturated heterocycles. The van der Waals surface area contributed by atoms with E-state index in [1.54, 1.807) is 6.92 Å². The molecule has 0 radical (unpaired) electrons. The molecule has 3 rings (SSSR count). The zero-order chi connectivity index (χ0) is 17.5. The van der Waals surface area contributed by atoms with Crippen molar-refractivity contribution in [2.45, 2.75) is 31.4 Å². The minimum atomic E-state index is -4.64. The van der Waals surface area contributed by atoms with Crippen molar-refractivity contribution >= 4 is 23.3 Å². The minimum Gasteiger partial charge on any atom is -0.323 e. The maximum atomic E-state index is 14.2. The Bertz CT molecular complexity index is 734. The standard InChI is InChI=1S/C17H16ClF3N2O/c1-2-23-10-16(17(19,20)21,8-7-11-3-4-11)13-9-12(18)5-6-14(13)22-15(23)24/h5-6,9,11H,2-4,10H2,1H3,(H,22,24). The van der Waals surface area contributed by atoms with Crippen LogP contribution in [0, 0.1) is 17.8 Å². The molecule has 128 valence electrons. The van der Waals surface area contributed by atoms with Gasteiger partial charge >= 0.3 is 12.2 Å². The third-order valence-corrected chi connectivity index (χ3v) is 4.57. The molecule has 1 unspecified atom stereocenters. The molecule has 1 aromatic rings. The summed E-state index contributed by atoms with van der Waals surface area (Å²) in [6.07, 6.45) is -3.01. The Balaban J connectivity index is 2.25. The number of carbonyl (C=O) groups is 1. The van der Waals surface area contributed by atoms with Crippen LogP contribution >= 0.6 is 11.6 Å². The molecule has 1 atom stereocenters. The Kier molecular flexibility index (Phi) is 4.16. The van der Waals surface area contributed by atoms with Gasteiger partial charge in [0.05, 0.1) is 6.54 Å². The normalized spacial score (nSPS) is 23.7. The molecule has 1 aliphatic carbocycles. The molecule has 2 amide bonds. The molecule has 24 heavy (non-hydrogen) atoms. The van der Waals surface area contributed by atoms with E-state index in [1.165, 1.54) is 18.2 Å². The number of rotatable bonds is 1. The first-order valence-electron chi connectivity index (χ1n) is 7.72. The van der Waals surface area contributed by atoms with Crippen molar-refractivity contribution in [2.75, 3.05) is 18.4 Å². The molecular weight excluding hydrogens is 341 g/mol. The zero-order valence-electron chi connectivity index (χ0n) is 13.0. The maximum Gasteiger partial charge on any atom is 0.410 e. The molecule has 0 bridgehead atoms. The number of fused-ring (bicyclic) bond motifs is 1. The van der Waals surface area contributed by atoms with E-state index in [9.17, 15) is 18.0 Å². The highest BCUT2D eigenvalue weighted by Gasteiger charge is 2.58. The monoisotopic (exact) mass is 356 g/mol. The third kappa shape index (κ3) is 2.93. The number of nitrogens with zero attached hydrogens (tertiary/aromatic N) is 1. The number of hydrogen-bond acceptors (Lipinski definition) is 1. The Morgan fingerprint density at radius 2 is 2.12 bits per heavy atom. The van der Waals surface area contributed by atoms with Crippen LogP contribution in [0.1, 0.15) is 25.3 Å². The number of alkyl halides is 3. The van der Waals surface area contributed by atoms with Gasteiger partial charge in [0.1, 0.15) is 0 Å². The van der Waals surface area contributed by atoms with Gasteiger partial charge in [0, 0.05) is 28.7 Å². The van der Waals surface area contributed by atoms with Gasteiger partial charge in [-0.25, -0.2) is 4.79 Å². The van der Waals surface area contributed by atoms with Crippen LogP contribution in [0.4, 0.5) is 23.7 Å². The summed E-state index contributed by atoms with van der Waals surface area (Å²) in [5, 5.41) is 2.72. The Morgan fingerprint density at radius 1 is 1.42 bits per heavy atom. The van der Waals surface area contributed by atoms with Gasteiger partial charge in [0.2, 0.25) is 0 Å². The van der Waals surface area contributed by atoms with Gasteiger partial charge in [-0.05, 0) is 38.0 Å². The van der Waals surface area contributed by atoms with Crippen molar-refractivity contribution in [1.82, 2.24) is 4.90 Å². The van der Waals surface area contributed by atoms with Crippen LogP contribution in [0.25, 0.3) is 0 Å². The van der Waals surface area contributed by atoms with Crippen LogP contribution in [-0.2, 0) is 5.41 Å². The second kappa shape index (κ2) is 5.89. The number of benzene rings is 1. The summed E-state index contributed by atoms with van der Waals surface area (Å²) in [6.45, 7) is 1.24. The number of nitrogens with one attached hydrogen (secondary N) is 1. The van der Waals surface area contributed by atoms with Crippen LogP contribution in [0.15, 0.2) is 18.2 Å². The van der Waals surface area contributed by atoms with E-state index in [2.05, 4.69) is 17.2 Å². The molecule has 1 saturated carbocycles. The fourth-order valence-corrected chi connectivity index (χ4v) is 2.92. The topological polar surface area (TPSA) is 32.3 Å². The lowest BCUT2D eigenvalue weighted by atomic mass is 9.78. The lowest BCUT2D eigenvalue weighted by Gasteiger charge is -2.34.